The third-order valence-electron chi connectivity index (χ3n) is 4.48. The topological polar surface area (TPSA) is 40.5 Å². The molecule has 0 aromatic heterocycles. The zero-order valence-corrected chi connectivity index (χ0v) is 14.0. The number of piperidine rings is 1. The normalized spacial score (nSPS) is 15.0. The van der Waals surface area contributed by atoms with Crippen molar-refractivity contribution in [2.24, 2.45) is 0 Å². The highest BCUT2D eigenvalue weighted by Gasteiger charge is 2.33. The number of nitrogens with zero attached hydrogens (tertiary/aromatic N) is 1. The Bertz CT molecular complexity index is 819. The van der Waals surface area contributed by atoms with E-state index in [2.05, 4.69) is 0 Å². The number of carbonyl (C=O) groups is 1. The molecular formula is C20H18F3NO2. The third-order valence-corrected chi connectivity index (χ3v) is 4.48. The van der Waals surface area contributed by atoms with Gasteiger partial charge >= 0.3 is 12.3 Å². The number of amides is 1. The van der Waals surface area contributed by atoms with E-state index in [1.165, 1.54) is 11.0 Å². The number of carboxylic acid groups (broad SMARTS) is 1. The molecule has 6 heteroatoms. The molecule has 0 spiro atoms. The van der Waals surface area contributed by atoms with Crippen LogP contribution in [0.25, 0.3) is 17.2 Å². The molecule has 0 aliphatic carbocycles. The molecule has 1 heterocycles. The van der Waals surface area contributed by atoms with E-state index in [4.69, 9.17) is 5.11 Å². The predicted molar refractivity (Wildman–Crippen MR) is 93.7 cm³/mol. The molecule has 0 atom stereocenters. The van der Waals surface area contributed by atoms with Gasteiger partial charge in [-0.3, -0.25) is 0 Å². The molecule has 0 bridgehead atoms. The van der Waals surface area contributed by atoms with E-state index in [1.54, 1.807) is 36.4 Å². The third kappa shape index (κ3) is 4.07. The van der Waals surface area contributed by atoms with E-state index >= 15 is 0 Å². The second kappa shape index (κ2) is 7.23. The maximum atomic E-state index is 13.4. The Labute approximate surface area is 149 Å². The first-order valence-electron chi connectivity index (χ1n) is 8.28. The van der Waals surface area contributed by atoms with Crippen LogP contribution in [0.3, 0.4) is 0 Å². The van der Waals surface area contributed by atoms with Gasteiger partial charge in [-0.25, -0.2) is 4.79 Å². The molecule has 0 unspecified atom stereocenters. The fourth-order valence-corrected chi connectivity index (χ4v) is 3.12. The SMILES string of the molecule is O=C(O)N1CCC(=Cc2ccc(C(F)(F)F)c(-c3ccccc3)c2)CC1. The van der Waals surface area contributed by atoms with Gasteiger partial charge in [-0.05, 0) is 41.7 Å². The molecule has 136 valence electrons. The molecule has 26 heavy (non-hydrogen) atoms. The van der Waals surface area contributed by atoms with Crippen LogP contribution in [-0.4, -0.2) is 29.2 Å². The first kappa shape index (κ1) is 18.0. The molecule has 1 aliphatic rings. The predicted octanol–water partition coefficient (Wildman–Crippen LogP) is 5.53. The van der Waals surface area contributed by atoms with Crippen LogP contribution in [0.1, 0.15) is 24.0 Å². The number of halogens is 3. The largest absolute Gasteiger partial charge is 0.465 e. The van der Waals surface area contributed by atoms with Crippen molar-refractivity contribution in [1.29, 1.82) is 0 Å². The van der Waals surface area contributed by atoms with Crippen molar-refractivity contribution < 1.29 is 23.1 Å². The summed E-state index contributed by atoms with van der Waals surface area (Å²) in [4.78, 5) is 12.3. The van der Waals surface area contributed by atoms with E-state index in [0.29, 0.717) is 37.1 Å². The molecular weight excluding hydrogens is 343 g/mol. The number of rotatable bonds is 2. The van der Waals surface area contributed by atoms with Gasteiger partial charge in [-0.15, -0.1) is 0 Å². The first-order valence-corrected chi connectivity index (χ1v) is 8.28. The van der Waals surface area contributed by atoms with Crippen molar-refractivity contribution in [3.05, 3.63) is 65.2 Å². The Morgan fingerprint density at radius 3 is 2.27 bits per heavy atom. The van der Waals surface area contributed by atoms with Crippen molar-refractivity contribution in [1.82, 2.24) is 4.90 Å². The second-order valence-corrected chi connectivity index (χ2v) is 6.24. The summed E-state index contributed by atoms with van der Waals surface area (Å²) >= 11 is 0. The van der Waals surface area contributed by atoms with Gasteiger partial charge < -0.3 is 10.0 Å². The lowest BCUT2D eigenvalue weighted by atomic mass is 9.94. The van der Waals surface area contributed by atoms with Crippen LogP contribution < -0.4 is 0 Å². The Hall–Kier alpha value is -2.76. The summed E-state index contributed by atoms with van der Waals surface area (Å²) in [6.07, 6.45) is -2.32. The molecule has 1 N–H and O–H groups in total. The fraction of sp³-hybridized carbons (Fsp3) is 0.250. The molecule has 1 aliphatic heterocycles. The van der Waals surface area contributed by atoms with Crippen LogP contribution in [0.2, 0.25) is 0 Å². The minimum absolute atomic E-state index is 0.149. The molecule has 1 fully saturated rings. The van der Waals surface area contributed by atoms with Crippen molar-refractivity contribution >= 4 is 12.2 Å². The van der Waals surface area contributed by atoms with Crippen molar-refractivity contribution in [2.45, 2.75) is 19.0 Å². The Morgan fingerprint density at radius 2 is 1.69 bits per heavy atom. The minimum Gasteiger partial charge on any atom is -0.465 e. The molecule has 1 saturated heterocycles. The van der Waals surface area contributed by atoms with E-state index in [9.17, 15) is 18.0 Å². The zero-order chi connectivity index (χ0) is 18.7. The summed E-state index contributed by atoms with van der Waals surface area (Å²) in [5.41, 5.74) is 1.74. The van der Waals surface area contributed by atoms with Crippen molar-refractivity contribution in [2.75, 3.05) is 13.1 Å². The van der Waals surface area contributed by atoms with Crippen LogP contribution in [0.15, 0.2) is 54.1 Å². The number of hydrogen-bond acceptors (Lipinski definition) is 1. The fourth-order valence-electron chi connectivity index (χ4n) is 3.12. The van der Waals surface area contributed by atoms with Crippen LogP contribution in [0.5, 0.6) is 0 Å². The monoisotopic (exact) mass is 361 g/mol. The lowest BCUT2D eigenvalue weighted by Crippen LogP contribution is -2.35. The van der Waals surface area contributed by atoms with Gasteiger partial charge in [0.25, 0.3) is 0 Å². The molecule has 3 nitrogen and oxygen atoms in total. The lowest BCUT2D eigenvalue weighted by Gasteiger charge is -2.25. The second-order valence-electron chi connectivity index (χ2n) is 6.24. The molecule has 3 rings (SSSR count). The number of alkyl halides is 3. The number of benzene rings is 2. The summed E-state index contributed by atoms with van der Waals surface area (Å²) in [7, 11) is 0. The van der Waals surface area contributed by atoms with E-state index in [1.807, 2.05) is 6.08 Å². The molecule has 2 aromatic rings. The van der Waals surface area contributed by atoms with E-state index in [0.717, 1.165) is 11.6 Å². The summed E-state index contributed by atoms with van der Waals surface area (Å²) in [6, 6.07) is 12.6. The first-order chi connectivity index (χ1) is 12.3. The Morgan fingerprint density at radius 1 is 1.04 bits per heavy atom. The van der Waals surface area contributed by atoms with Gasteiger partial charge in [0.1, 0.15) is 0 Å². The maximum Gasteiger partial charge on any atom is 0.417 e. The summed E-state index contributed by atoms with van der Waals surface area (Å²) in [5.74, 6) is 0. The lowest BCUT2D eigenvalue weighted by molar-refractivity contribution is -0.137. The maximum absolute atomic E-state index is 13.4. The highest BCUT2D eigenvalue weighted by atomic mass is 19.4. The average Bonchev–Trinajstić information content (AvgIpc) is 2.62. The van der Waals surface area contributed by atoms with Gasteiger partial charge in [0.15, 0.2) is 0 Å². The van der Waals surface area contributed by atoms with Crippen LogP contribution in [0, 0.1) is 0 Å². The number of hydrogen-bond donors (Lipinski definition) is 1. The van der Waals surface area contributed by atoms with Crippen LogP contribution in [0.4, 0.5) is 18.0 Å². The highest BCUT2D eigenvalue weighted by Crippen LogP contribution is 2.38. The van der Waals surface area contributed by atoms with Gasteiger partial charge in [0.2, 0.25) is 0 Å². The molecule has 0 radical (unpaired) electrons. The smallest absolute Gasteiger partial charge is 0.417 e. The summed E-state index contributed by atoms with van der Waals surface area (Å²) in [5, 5.41) is 8.98. The van der Waals surface area contributed by atoms with E-state index < -0.39 is 17.8 Å². The van der Waals surface area contributed by atoms with Gasteiger partial charge in [-0.1, -0.05) is 48.0 Å². The van der Waals surface area contributed by atoms with Gasteiger partial charge in [0, 0.05) is 13.1 Å². The van der Waals surface area contributed by atoms with Crippen LogP contribution >= 0.6 is 0 Å². The van der Waals surface area contributed by atoms with Crippen molar-refractivity contribution in [3.8, 4) is 11.1 Å². The average molecular weight is 361 g/mol. The summed E-state index contributed by atoms with van der Waals surface area (Å²) in [6.45, 7) is 0.820. The quantitative estimate of drug-likeness (QED) is 0.764. The number of likely N-dealkylation sites (tertiary alicyclic amines) is 1. The molecule has 2 aromatic carbocycles. The standard InChI is InChI=1S/C20H18F3NO2/c21-20(22,23)18-7-6-15(13-17(18)16-4-2-1-3-5-16)12-14-8-10-24(11-9-14)19(25)26/h1-7,12-13H,8-11H2,(H,25,26). The van der Waals surface area contributed by atoms with E-state index in [-0.39, 0.29) is 5.56 Å². The Kier molecular flexibility index (Phi) is 5.02. The van der Waals surface area contributed by atoms with Crippen molar-refractivity contribution in [3.63, 3.8) is 0 Å². The van der Waals surface area contributed by atoms with Crippen LogP contribution in [-0.2, 0) is 6.18 Å². The molecule has 0 saturated carbocycles. The molecule has 1 amide bonds. The summed E-state index contributed by atoms with van der Waals surface area (Å²) < 4.78 is 40.1. The van der Waals surface area contributed by atoms with Gasteiger partial charge in [-0.2, -0.15) is 13.2 Å². The minimum atomic E-state index is -4.43. The van der Waals surface area contributed by atoms with Gasteiger partial charge in [0.05, 0.1) is 5.56 Å². The highest BCUT2D eigenvalue weighted by molar-refractivity contribution is 5.72. The zero-order valence-electron chi connectivity index (χ0n) is 14.0. The Balaban J connectivity index is 1.93.